The number of carbonyl (C=O) groups is 5. The summed E-state index contributed by atoms with van der Waals surface area (Å²) in [6.45, 7) is 4.43. The van der Waals surface area contributed by atoms with Gasteiger partial charge in [0.25, 0.3) is 0 Å². The molecule has 1 aliphatic rings. The minimum atomic E-state index is -1.61. The van der Waals surface area contributed by atoms with Crippen LogP contribution in [0.2, 0.25) is 0 Å². The Morgan fingerprint density at radius 3 is 2.30 bits per heavy atom. The van der Waals surface area contributed by atoms with Crippen molar-refractivity contribution in [3.05, 3.63) is 0 Å². The molecule has 1 fully saturated rings. The average Bonchev–Trinajstić information content (AvgIpc) is 3.26. The lowest BCUT2D eigenvalue weighted by Crippen LogP contribution is -2.57. The Balaban J connectivity index is 2.97. The van der Waals surface area contributed by atoms with Gasteiger partial charge in [0.05, 0.1) is 12.5 Å². The Morgan fingerprint density at radius 1 is 1.09 bits per heavy atom. The average molecular weight is 472 g/mol. The maximum absolute atomic E-state index is 13.3. The largest absolute Gasteiger partial charge is 0.481 e. The molecule has 8 N–H and O–H groups in total. The molecule has 0 bridgehead atoms. The first-order chi connectivity index (χ1) is 15.5. The number of aliphatic carboxylic acids is 2. The van der Waals surface area contributed by atoms with Crippen molar-refractivity contribution in [2.24, 2.45) is 17.4 Å². The van der Waals surface area contributed by atoms with Gasteiger partial charge in [-0.2, -0.15) is 0 Å². The van der Waals surface area contributed by atoms with Crippen LogP contribution in [-0.4, -0.2) is 82.0 Å². The summed E-state index contributed by atoms with van der Waals surface area (Å²) in [6.07, 6.45) is 2.26. The van der Waals surface area contributed by atoms with E-state index >= 15 is 0 Å². The molecule has 12 nitrogen and oxygen atoms in total. The fraction of sp³-hybridized carbons (Fsp3) is 0.762. The highest BCUT2D eigenvalue weighted by atomic mass is 16.4. The number of unbranched alkanes of at least 4 members (excludes halogenated alkanes) is 1. The van der Waals surface area contributed by atoms with Gasteiger partial charge in [0.2, 0.25) is 17.7 Å². The van der Waals surface area contributed by atoms with E-state index in [1.807, 2.05) is 13.8 Å². The third-order valence-electron chi connectivity index (χ3n) is 5.95. The number of carboxylic acid groups (broad SMARTS) is 2. The summed E-state index contributed by atoms with van der Waals surface area (Å²) in [5.41, 5.74) is 11.5. The summed E-state index contributed by atoms with van der Waals surface area (Å²) >= 11 is 0. The molecule has 12 heteroatoms. The van der Waals surface area contributed by atoms with E-state index in [0.717, 1.165) is 0 Å². The van der Waals surface area contributed by atoms with Crippen molar-refractivity contribution in [1.82, 2.24) is 15.5 Å². The van der Waals surface area contributed by atoms with Gasteiger partial charge in [0, 0.05) is 6.54 Å². The van der Waals surface area contributed by atoms with E-state index in [1.54, 1.807) is 0 Å². The lowest BCUT2D eigenvalue weighted by molar-refractivity contribution is -0.148. The zero-order valence-electron chi connectivity index (χ0n) is 19.3. The van der Waals surface area contributed by atoms with Crippen molar-refractivity contribution in [2.75, 3.05) is 13.1 Å². The third-order valence-corrected chi connectivity index (χ3v) is 5.95. The number of likely N-dealkylation sites (tertiary alicyclic amines) is 1. The van der Waals surface area contributed by atoms with E-state index in [-0.39, 0.29) is 12.5 Å². The Labute approximate surface area is 193 Å². The zero-order chi connectivity index (χ0) is 25.1. The fourth-order valence-electron chi connectivity index (χ4n) is 3.68. The standard InChI is InChI=1S/C21H37N5O7/c1-3-12(2)17(23)19(30)24-13(7-4-5-9-22)20(31)26-10-6-8-15(26)18(29)25-14(21(32)33)11-16(27)28/h12-15,17H,3-11,22-23H2,1-2H3,(H,24,30)(H,25,29)(H,27,28)(H,32,33). The van der Waals surface area contributed by atoms with Crippen LogP contribution in [0.3, 0.4) is 0 Å². The first kappa shape index (κ1) is 28.3. The van der Waals surface area contributed by atoms with Gasteiger partial charge in [0.15, 0.2) is 0 Å². The molecule has 0 aliphatic carbocycles. The molecule has 0 aromatic heterocycles. The highest BCUT2D eigenvalue weighted by molar-refractivity contribution is 5.95. The first-order valence-corrected chi connectivity index (χ1v) is 11.3. The minimum absolute atomic E-state index is 0.0858. The van der Waals surface area contributed by atoms with Gasteiger partial charge in [-0.05, 0) is 44.6 Å². The van der Waals surface area contributed by atoms with E-state index in [2.05, 4.69) is 10.6 Å². The van der Waals surface area contributed by atoms with Crippen LogP contribution < -0.4 is 22.1 Å². The minimum Gasteiger partial charge on any atom is -0.481 e. The summed E-state index contributed by atoms with van der Waals surface area (Å²) in [4.78, 5) is 62.1. The molecule has 1 rings (SSSR count). The van der Waals surface area contributed by atoms with Gasteiger partial charge in [-0.25, -0.2) is 4.79 Å². The molecule has 33 heavy (non-hydrogen) atoms. The SMILES string of the molecule is CCC(C)C(N)C(=O)NC(CCCCN)C(=O)N1CCCC1C(=O)NC(CC(=O)O)C(=O)O. The van der Waals surface area contributed by atoms with E-state index in [1.165, 1.54) is 4.90 Å². The molecule has 5 atom stereocenters. The van der Waals surface area contributed by atoms with Gasteiger partial charge < -0.3 is 37.2 Å². The summed E-state index contributed by atoms with van der Waals surface area (Å²) in [7, 11) is 0. The van der Waals surface area contributed by atoms with Crippen LogP contribution in [0, 0.1) is 5.92 Å². The second-order valence-electron chi connectivity index (χ2n) is 8.44. The van der Waals surface area contributed by atoms with Crippen molar-refractivity contribution in [3.63, 3.8) is 0 Å². The molecular formula is C21H37N5O7. The predicted molar refractivity (Wildman–Crippen MR) is 119 cm³/mol. The third kappa shape index (κ3) is 8.61. The van der Waals surface area contributed by atoms with Crippen molar-refractivity contribution in [3.8, 4) is 0 Å². The Bertz CT molecular complexity index is 717. The van der Waals surface area contributed by atoms with E-state index in [9.17, 15) is 29.1 Å². The number of nitrogens with one attached hydrogen (secondary N) is 2. The van der Waals surface area contributed by atoms with Crippen LogP contribution in [0.15, 0.2) is 0 Å². The number of rotatable bonds is 14. The molecule has 188 valence electrons. The number of nitrogens with zero attached hydrogens (tertiary/aromatic N) is 1. The topological polar surface area (TPSA) is 205 Å². The number of hydrogen-bond donors (Lipinski definition) is 6. The van der Waals surface area contributed by atoms with Gasteiger partial charge in [-0.1, -0.05) is 20.3 Å². The van der Waals surface area contributed by atoms with Crippen molar-refractivity contribution >= 4 is 29.7 Å². The Morgan fingerprint density at radius 2 is 1.76 bits per heavy atom. The smallest absolute Gasteiger partial charge is 0.326 e. The second kappa shape index (κ2) is 13.7. The summed E-state index contributed by atoms with van der Waals surface area (Å²) in [5.74, 6) is -4.59. The van der Waals surface area contributed by atoms with Gasteiger partial charge in [-0.3, -0.25) is 19.2 Å². The lowest BCUT2D eigenvalue weighted by atomic mass is 9.98. The van der Waals surface area contributed by atoms with E-state index < -0.39 is 60.2 Å². The van der Waals surface area contributed by atoms with Crippen LogP contribution in [-0.2, 0) is 24.0 Å². The summed E-state index contributed by atoms with van der Waals surface area (Å²) in [5, 5.41) is 23.0. The second-order valence-corrected chi connectivity index (χ2v) is 8.44. The van der Waals surface area contributed by atoms with Crippen molar-refractivity contribution < 1.29 is 34.2 Å². The molecule has 3 amide bonds. The Kier molecular flexibility index (Phi) is 11.8. The van der Waals surface area contributed by atoms with Gasteiger partial charge >= 0.3 is 11.9 Å². The van der Waals surface area contributed by atoms with E-state index in [0.29, 0.717) is 45.1 Å². The van der Waals surface area contributed by atoms with Gasteiger partial charge in [-0.15, -0.1) is 0 Å². The van der Waals surface area contributed by atoms with Crippen LogP contribution in [0.5, 0.6) is 0 Å². The van der Waals surface area contributed by atoms with Crippen LogP contribution >= 0.6 is 0 Å². The molecule has 0 aromatic carbocycles. The van der Waals surface area contributed by atoms with Crippen molar-refractivity contribution in [2.45, 2.75) is 83.0 Å². The van der Waals surface area contributed by atoms with Crippen LogP contribution in [0.4, 0.5) is 0 Å². The van der Waals surface area contributed by atoms with Crippen molar-refractivity contribution in [1.29, 1.82) is 0 Å². The molecule has 1 heterocycles. The maximum atomic E-state index is 13.3. The number of hydrogen-bond acceptors (Lipinski definition) is 7. The zero-order valence-corrected chi connectivity index (χ0v) is 19.3. The maximum Gasteiger partial charge on any atom is 0.326 e. The fourth-order valence-corrected chi connectivity index (χ4v) is 3.68. The number of nitrogens with two attached hydrogens (primary N) is 2. The molecule has 0 saturated carbocycles. The van der Waals surface area contributed by atoms with Gasteiger partial charge in [0.1, 0.15) is 18.1 Å². The summed E-state index contributed by atoms with van der Waals surface area (Å²) in [6, 6.07) is -4.25. The highest BCUT2D eigenvalue weighted by Crippen LogP contribution is 2.20. The Hall–Kier alpha value is -2.73. The monoisotopic (exact) mass is 471 g/mol. The molecule has 1 aliphatic heterocycles. The highest BCUT2D eigenvalue weighted by Gasteiger charge is 2.39. The summed E-state index contributed by atoms with van der Waals surface area (Å²) < 4.78 is 0. The van der Waals surface area contributed by atoms with Crippen LogP contribution in [0.25, 0.3) is 0 Å². The number of carbonyl (C=O) groups excluding carboxylic acids is 3. The molecule has 5 unspecified atom stereocenters. The normalized spacial score (nSPS) is 19.3. The van der Waals surface area contributed by atoms with Crippen LogP contribution in [0.1, 0.15) is 58.8 Å². The predicted octanol–water partition coefficient (Wildman–Crippen LogP) is -0.991. The number of amides is 3. The molecule has 0 aromatic rings. The lowest BCUT2D eigenvalue weighted by Gasteiger charge is -2.30. The quantitative estimate of drug-likeness (QED) is 0.172. The number of carboxylic acids is 2. The molecular weight excluding hydrogens is 434 g/mol. The first-order valence-electron chi connectivity index (χ1n) is 11.3. The molecule has 1 saturated heterocycles. The molecule has 0 radical (unpaired) electrons. The van der Waals surface area contributed by atoms with E-state index in [4.69, 9.17) is 16.6 Å². The molecule has 0 spiro atoms.